The van der Waals surface area contributed by atoms with Gasteiger partial charge < -0.3 is 10.2 Å². The predicted octanol–water partition coefficient (Wildman–Crippen LogP) is 3.42. The van der Waals surface area contributed by atoms with Crippen LogP contribution in [0.4, 0.5) is 11.5 Å². The molecule has 1 fully saturated rings. The summed E-state index contributed by atoms with van der Waals surface area (Å²) in [4.78, 5) is 7.24. The molecule has 2 heterocycles. The second kappa shape index (κ2) is 5.15. The van der Waals surface area contributed by atoms with Crippen molar-refractivity contribution in [3.63, 3.8) is 0 Å². The first-order valence-corrected chi connectivity index (χ1v) is 7.88. The van der Waals surface area contributed by atoms with E-state index in [1.54, 1.807) is 0 Å². The van der Waals surface area contributed by atoms with E-state index in [-0.39, 0.29) is 0 Å². The highest BCUT2D eigenvalue weighted by Gasteiger charge is 2.27. The van der Waals surface area contributed by atoms with Crippen molar-refractivity contribution in [2.75, 3.05) is 4.90 Å². The van der Waals surface area contributed by atoms with E-state index in [1.165, 1.54) is 24.1 Å². The minimum Gasteiger partial charge on any atom is -0.323 e. The van der Waals surface area contributed by atoms with Crippen LogP contribution in [0, 0.1) is 0 Å². The smallest absolute Gasteiger partial charge is 0.133 e. The van der Waals surface area contributed by atoms with Gasteiger partial charge in [-0.3, -0.25) is 0 Å². The minimum atomic E-state index is 0.474. The molecular weight excluding hydrogens is 258 g/mol. The fourth-order valence-corrected chi connectivity index (χ4v) is 3.15. The number of hydrogen-bond acceptors (Lipinski definition) is 3. The maximum atomic E-state index is 4.87. The molecule has 1 aliphatic heterocycles. The molecule has 3 nitrogen and oxygen atoms in total. The van der Waals surface area contributed by atoms with E-state index in [9.17, 15) is 0 Å². The molecule has 1 saturated carbocycles. The van der Waals surface area contributed by atoms with Gasteiger partial charge in [0.15, 0.2) is 0 Å². The highest BCUT2D eigenvalue weighted by atomic mass is 15.2. The van der Waals surface area contributed by atoms with E-state index in [2.05, 4.69) is 59.6 Å². The van der Waals surface area contributed by atoms with E-state index in [0.717, 1.165) is 30.5 Å². The van der Waals surface area contributed by atoms with Crippen LogP contribution in [0.1, 0.15) is 31.0 Å². The first-order valence-electron chi connectivity index (χ1n) is 7.88. The Morgan fingerprint density at radius 3 is 2.86 bits per heavy atom. The molecule has 1 atom stereocenters. The highest BCUT2D eigenvalue weighted by Crippen LogP contribution is 2.37. The number of pyridine rings is 1. The molecule has 4 rings (SSSR count). The molecule has 0 bridgehead atoms. The Morgan fingerprint density at radius 2 is 2.00 bits per heavy atom. The molecule has 3 heteroatoms. The summed E-state index contributed by atoms with van der Waals surface area (Å²) in [6.45, 7) is 3.15. The van der Waals surface area contributed by atoms with E-state index >= 15 is 0 Å². The Bertz CT molecular complexity index is 648. The van der Waals surface area contributed by atoms with Gasteiger partial charge in [0.2, 0.25) is 0 Å². The number of aromatic nitrogens is 1. The van der Waals surface area contributed by atoms with Crippen LogP contribution in [0.25, 0.3) is 0 Å². The predicted molar refractivity (Wildman–Crippen MR) is 85.8 cm³/mol. The minimum absolute atomic E-state index is 0.474. The van der Waals surface area contributed by atoms with Gasteiger partial charge in [0.1, 0.15) is 5.82 Å². The molecule has 1 unspecified atom stereocenters. The first-order chi connectivity index (χ1) is 10.3. The first kappa shape index (κ1) is 12.8. The molecule has 0 spiro atoms. The SMILES string of the molecule is CC1Cc2ccccc2N1c1cccc(CNC2CC2)n1. The maximum absolute atomic E-state index is 4.87. The van der Waals surface area contributed by atoms with Gasteiger partial charge in [-0.05, 0) is 49.9 Å². The van der Waals surface area contributed by atoms with Gasteiger partial charge in [-0.15, -0.1) is 0 Å². The molecule has 1 aromatic heterocycles. The van der Waals surface area contributed by atoms with Crippen molar-refractivity contribution in [2.24, 2.45) is 0 Å². The number of para-hydroxylation sites is 1. The number of nitrogens with one attached hydrogen (secondary N) is 1. The monoisotopic (exact) mass is 279 g/mol. The summed E-state index contributed by atoms with van der Waals surface area (Å²) in [6.07, 6.45) is 3.73. The third-order valence-corrected chi connectivity index (χ3v) is 4.40. The van der Waals surface area contributed by atoms with Crippen molar-refractivity contribution in [1.29, 1.82) is 0 Å². The zero-order chi connectivity index (χ0) is 14.2. The standard InChI is InChI=1S/C18H21N3/c1-13-11-14-5-2-3-7-17(14)21(13)18-8-4-6-16(20-18)12-19-15-9-10-15/h2-8,13,15,19H,9-12H2,1H3. The summed E-state index contributed by atoms with van der Waals surface area (Å²) in [6, 6.07) is 16.2. The van der Waals surface area contributed by atoms with Gasteiger partial charge in [0.05, 0.1) is 5.69 Å². The summed E-state index contributed by atoms with van der Waals surface area (Å²) >= 11 is 0. The molecule has 0 amide bonds. The number of fused-ring (bicyclic) bond motifs is 1. The normalized spacial score (nSPS) is 20.6. The van der Waals surface area contributed by atoms with Crippen LogP contribution in [0.15, 0.2) is 42.5 Å². The molecule has 0 radical (unpaired) electrons. The van der Waals surface area contributed by atoms with Gasteiger partial charge in [0, 0.05) is 24.3 Å². The Kier molecular flexibility index (Phi) is 3.15. The fourth-order valence-electron chi connectivity index (χ4n) is 3.15. The number of anilines is 2. The van der Waals surface area contributed by atoms with Crippen LogP contribution in [0.3, 0.4) is 0 Å². The highest BCUT2D eigenvalue weighted by molar-refractivity contribution is 5.68. The van der Waals surface area contributed by atoms with Gasteiger partial charge in [-0.1, -0.05) is 24.3 Å². The van der Waals surface area contributed by atoms with Crippen LogP contribution in [0.2, 0.25) is 0 Å². The Morgan fingerprint density at radius 1 is 1.14 bits per heavy atom. The Hall–Kier alpha value is -1.87. The second-order valence-electron chi connectivity index (χ2n) is 6.19. The third-order valence-electron chi connectivity index (χ3n) is 4.40. The zero-order valence-electron chi connectivity index (χ0n) is 12.4. The molecule has 2 aromatic rings. The second-order valence-corrected chi connectivity index (χ2v) is 6.19. The molecule has 2 aliphatic rings. The lowest BCUT2D eigenvalue weighted by Crippen LogP contribution is -2.25. The summed E-state index contributed by atoms with van der Waals surface area (Å²) in [5.74, 6) is 1.07. The van der Waals surface area contributed by atoms with E-state index < -0.39 is 0 Å². The maximum Gasteiger partial charge on any atom is 0.133 e. The van der Waals surface area contributed by atoms with E-state index in [4.69, 9.17) is 4.98 Å². The number of rotatable bonds is 4. The summed E-state index contributed by atoms with van der Waals surface area (Å²) in [7, 11) is 0. The lowest BCUT2D eigenvalue weighted by molar-refractivity contribution is 0.671. The number of benzene rings is 1. The van der Waals surface area contributed by atoms with Crippen molar-refractivity contribution in [3.8, 4) is 0 Å². The van der Waals surface area contributed by atoms with Gasteiger partial charge in [-0.25, -0.2) is 4.98 Å². The Labute approximate surface area is 126 Å². The third kappa shape index (κ3) is 2.54. The summed E-state index contributed by atoms with van der Waals surface area (Å²) in [5, 5.41) is 3.54. The summed E-state index contributed by atoms with van der Waals surface area (Å²) < 4.78 is 0. The van der Waals surface area contributed by atoms with Crippen LogP contribution < -0.4 is 10.2 Å². The average Bonchev–Trinajstić information content (AvgIpc) is 3.26. The molecular formula is C18H21N3. The van der Waals surface area contributed by atoms with Gasteiger partial charge in [-0.2, -0.15) is 0 Å². The van der Waals surface area contributed by atoms with Crippen LogP contribution >= 0.6 is 0 Å². The van der Waals surface area contributed by atoms with Crippen LogP contribution in [0.5, 0.6) is 0 Å². The molecule has 1 aliphatic carbocycles. The van der Waals surface area contributed by atoms with Gasteiger partial charge in [0.25, 0.3) is 0 Å². The van der Waals surface area contributed by atoms with Crippen LogP contribution in [-0.4, -0.2) is 17.1 Å². The quantitative estimate of drug-likeness (QED) is 0.929. The largest absolute Gasteiger partial charge is 0.323 e. The fraction of sp³-hybridized carbons (Fsp3) is 0.389. The lowest BCUT2D eigenvalue weighted by Gasteiger charge is -2.24. The van der Waals surface area contributed by atoms with E-state index in [1.807, 2.05) is 0 Å². The molecule has 1 N–H and O–H groups in total. The molecule has 21 heavy (non-hydrogen) atoms. The van der Waals surface area contributed by atoms with Crippen LogP contribution in [-0.2, 0) is 13.0 Å². The zero-order valence-corrected chi connectivity index (χ0v) is 12.4. The topological polar surface area (TPSA) is 28.2 Å². The van der Waals surface area contributed by atoms with Crippen molar-refractivity contribution in [1.82, 2.24) is 10.3 Å². The van der Waals surface area contributed by atoms with Crippen molar-refractivity contribution in [3.05, 3.63) is 53.7 Å². The van der Waals surface area contributed by atoms with Crippen molar-refractivity contribution in [2.45, 2.75) is 44.8 Å². The van der Waals surface area contributed by atoms with Crippen molar-refractivity contribution >= 4 is 11.5 Å². The lowest BCUT2D eigenvalue weighted by atomic mass is 10.1. The molecule has 0 saturated heterocycles. The number of nitrogens with zero attached hydrogens (tertiary/aromatic N) is 2. The van der Waals surface area contributed by atoms with Crippen molar-refractivity contribution < 1.29 is 0 Å². The summed E-state index contributed by atoms with van der Waals surface area (Å²) in [5.41, 5.74) is 3.87. The van der Waals surface area contributed by atoms with Gasteiger partial charge >= 0.3 is 0 Å². The van der Waals surface area contributed by atoms with E-state index in [0.29, 0.717) is 6.04 Å². The molecule has 108 valence electrons. The average molecular weight is 279 g/mol. The Balaban J connectivity index is 1.61. The number of hydrogen-bond donors (Lipinski definition) is 1. The molecule has 1 aromatic carbocycles.